The molecule has 0 radical (unpaired) electrons. The molecular formula is C13H16ClF2NO3S. The number of carbonyl (C=O) groups is 1. The highest BCUT2D eigenvalue weighted by atomic mass is 35.7. The molecule has 0 saturated heterocycles. The zero-order valence-corrected chi connectivity index (χ0v) is 13.6. The average molecular weight is 340 g/mol. The Labute approximate surface area is 127 Å². The molecule has 0 spiro atoms. The first-order chi connectivity index (χ1) is 9.41. The first-order valence-corrected chi connectivity index (χ1v) is 8.44. The van der Waals surface area contributed by atoms with Gasteiger partial charge in [0, 0.05) is 23.3 Å². The SMILES string of the molecule is CCC(C)(C)N(C)C(=O)c1cc(F)cc(S(=O)(=O)Cl)c1F. The second-order valence-corrected chi connectivity index (χ2v) is 7.77. The third-order valence-electron chi connectivity index (χ3n) is 3.57. The summed E-state index contributed by atoms with van der Waals surface area (Å²) in [6.07, 6.45) is 0.576. The minimum absolute atomic E-state index is 0.444. The molecule has 0 atom stereocenters. The maximum absolute atomic E-state index is 14.2. The molecule has 0 saturated carbocycles. The van der Waals surface area contributed by atoms with Gasteiger partial charge in [0.25, 0.3) is 15.0 Å². The van der Waals surface area contributed by atoms with Gasteiger partial charge in [0.15, 0.2) is 5.82 Å². The van der Waals surface area contributed by atoms with E-state index < -0.39 is 42.6 Å². The van der Waals surface area contributed by atoms with Crippen molar-refractivity contribution >= 4 is 25.6 Å². The molecule has 1 aromatic carbocycles. The number of amides is 1. The molecule has 0 fully saturated rings. The summed E-state index contributed by atoms with van der Waals surface area (Å²) in [4.78, 5) is 12.5. The third kappa shape index (κ3) is 3.71. The summed E-state index contributed by atoms with van der Waals surface area (Å²) in [6, 6.07) is 1.10. The fourth-order valence-electron chi connectivity index (χ4n) is 1.59. The Hall–Kier alpha value is -1.21. The molecule has 0 unspecified atom stereocenters. The normalized spacial score (nSPS) is 12.3. The van der Waals surface area contributed by atoms with Gasteiger partial charge >= 0.3 is 0 Å². The van der Waals surface area contributed by atoms with E-state index in [-0.39, 0.29) is 0 Å². The van der Waals surface area contributed by atoms with E-state index in [1.165, 1.54) is 11.9 Å². The lowest BCUT2D eigenvalue weighted by atomic mass is 9.98. The molecule has 0 bridgehead atoms. The summed E-state index contributed by atoms with van der Waals surface area (Å²) in [6.45, 7) is 5.34. The standard InChI is InChI=1S/C13H16ClF2NO3S/c1-5-13(2,3)17(4)12(18)9-6-8(15)7-10(11(9)16)21(14,19)20/h6-7H,5H2,1-4H3. The molecule has 1 rings (SSSR count). The fraction of sp³-hybridized carbons (Fsp3) is 0.462. The van der Waals surface area contributed by atoms with Gasteiger partial charge in [-0.05, 0) is 32.4 Å². The van der Waals surface area contributed by atoms with E-state index in [0.29, 0.717) is 18.6 Å². The maximum atomic E-state index is 14.2. The molecule has 1 aromatic rings. The third-order valence-corrected chi connectivity index (χ3v) is 4.90. The van der Waals surface area contributed by atoms with Crippen LogP contribution in [0.3, 0.4) is 0 Å². The summed E-state index contributed by atoms with van der Waals surface area (Å²) < 4.78 is 50.1. The van der Waals surface area contributed by atoms with Gasteiger partial charge in [0.05, 0.1) is 5.56 Å². The number of hydrogen-bond acceptors (Lipinski definition) is 3. The molecule has 0 aliphatic rings. The number of benzene rings is 1. The summed E-state index contributed by atoms with van der Waals surface area (Å²) in [5, 5.41) is 0. The van der Waals surface area contributed by atoms with Crippen LogP contribution in [0, 0.1) is 11.6 Å². The molecule has 1 amide bonds. The number of hydrogen-bond donors (Lipinski definition) is 0. The van der Waals surface area contributed by atoms with Crippen LogP contribution in [0.15, 0.2) is 17.0 Å². The monoisotopic (exact) mass is 339 g/mol. The van der Waals surface area contributed by atoms with Crippen LogP contribution >= 0.6 is 10.7 Å². The van der Waals surface area contributed by atoms with Crippen LogP contribution in [0.5, 0.6) is 0 Å². The Kier molecular flexibility index (Phi) is 5.00. The van der Waals surface area contributed by atoms with Crippen molar-refractivity contribution in [3.05, 3.63) is 29.3 Å². The van der Waals surface area contributed by atoms with Crippen molar-refractivity contribution in [1.29, 1.82) is 0 Å². The molecule has 8 heteroatoms. The zero-order valence-electron chi connectivity index (χ0n) is 12.1. The fourth-order valence-corrected chi connectivity index (χ4v) is 2.50. The molecule has 0 aromatic heterocycles. The number of rotatable bonds is 4. The molecule has 0 aliphatic heterocycles. The van der Waals surface area contributed by atoms with Crippen LogP contribution in [-0.2, 0) is 9.05 Å². The minimum Gasteiger partial charge on any atom is -0.337 e. The summed E-state index contributed by atoms with van der Waals surface area (Å²) >= 11 is 0. The molecular weight excluding hydrogens is 324 g/mol. The highest BCUT2D eigenvalue weighted by Crippen LogP contribution is 2.26. The van der Waals surface area contributed by atoms with Crippen molar-refractivity contribution in [1.82, 2.24) is 4.90 Å². The Morgan fingerprint density at radius 1 is 1.33 bits per heavy atom. The molecule has 118 valence electrons. The van der Waals surface area contributed by atoms with Gasteiger partial charge in [-0.25, -0.2) is 17.2 Å². The van der Waals surface area contributed by atoms with Crippen molar-refractivity contribution in [2.75, 3.05) is 7.05 Å². The van der Waals surface area contributed by atoms with E-state index >= 15 is 0 Å². The maximum Gasteiger partial charge on any atom is 0.264 e. The van der Waals surface area contributed by atoms with E-state index in [2.05, 4.69) is 0 Å². The molecule has 0 aliphatic carbocycles. The Morgan fingerprint density at radius 2 is 1.86 bits per heavy atom. The van der Waals surface area contributed by atoms with Gasteiger partial charge in [-0.1, -0.05) is 6.92 Å². The predicted molar refractivity (Wildman–Crippen MR) is 75.9 cm³/mol. The second-order valence-electron chi connectivity index (χ2n) is 5.23. The average Bonchev–Trinajstić information content (AvgIpc) is 2.38. The molecule has 0 heterocycles. The van der Waals surface area contributed by atoms with E-state index in [9.17, 15) is 22.0 Å². The Balaban J connectivity index is 3.45. The zero-order chi connectivity index (χ0) is 16.6. The lowest BCUT2D eigenvalue weighted by Gasteiger charge is -2.35. The van der Waals surface area contributed by atoms with Gasteiger partial charge in [-0.15, -0.1) is 0 Å². The second kappa shape index (κ2) is 5.88. The molecule has 4 nitrogen and oxygen atoms in total. The van der Waals surface area contributed by atoms with Crippen molar-refractivity contribution in [2.45, 2.75) is 37.6 Å². The lowest BCUT2D eigenvalue weighted by Crippen LogP contribution is -2.44. The van der Waals surface area contributed by atoms with Crippen LogP contribution in [0.25, 0.3) is 0 Å². The largest absolute Gasteiger partial charge is 0.337 e. The van der Waals surface area contributed by atoms with Crippen LogP contribution in [0.2, 0.25) is 0 Å². The first-order valence-electron chi connectivity index (χ1n) is 6.13. The van der Waals surface area contributed by atoms with Gasteiger partial charge in [-0.2, -0.15) is 0 Å². The van der Waals surface area contributed by atoms with E-state index in [4.69, 9.17) is 10.7 Å². The van der Waals surface area contributed by atoms with Gasteiger partial charge in [0.2, 0.25) is 0 Å². The van der Waals surface area contributed by atoms with Gasteiger partial charge in [0.1, 0.15) is 10.7 Å². The van der Waals surface area contributed by atoms with Crippen LogP contribution in [0.1, 0.15) is 37.6 Å². The van der Waals surface area contributed by atoms with Crippen molar-refractivity contribution in [3.8, 4) is 0 Å². The Morgan fingerprint density at radius 3 is 2.29 bits per heavy atom. The van der Waals surface area contributed by atoms with Crippen LogP contribution in [0.4, 0.5) is 8.78 Å². The van der Waals surface area contributed by atoms with Gasteiger partial charge < -0.3 is 4.90 Å². The highest BCUT2D eigenvalue weighted by Gasteiger charge is 2.31. The van der Waals surface area contributed by atoms with Crippen molar-refractivity contribution in [2.24, 2.45) is 0 Å². The van der Waals surface area contributed by atoms with Crippen molar-refractivity contribution < 1.29 is 22.0 Å². The number of carbonyl (C=O) groups excluding carboxylic acids is 1. The smallest absolute Gasteiger partial charge is 0.264 e. The highest BCUT2D eigenvalue weighted by molar-refractivity contribution is 8.13. The lowest BCUT2D eigenvalue weighted by molar-refractivity contribution is 0.0614. The van der Waals surface area contributed by atoms with E-state index in [1.54, 1.807) is 13.8 Å². The van der Waals surface area contributed by atoms with E-state index in [1.807, 2.05) is 6.92 Å². The number of halogens is 3. The predicted octanol–water partition coefficient (Wildman–Crippen LogP) is 3.15. The molecule has 0 N–H and O–H groups in total. The topological polar surface area (TPSA) is 54.5 Å². The summed E-state index contributed by atoms with van der Waals surface area (Å²) in [5.74, 6) is -3.22. The van der Waals surface area contributed by atoms with Gasteiger partial charge in [-0.3, -0.25) is 4.79 Å². The van der Waals surface area contributed by atoms with Crippen LogP contribution < -0.4 is 0 Å². The van der Waals surface area contributed by atoms with E-state index in [0.717, 1.165) is 0 Å². The summed E-state index contributed by atoms with van der Waals surface area (Å²) in [7, 11) is 1.99. The first kappa shape index (κ1) is 17.8. The van der Waals surface area contributed by atoms with Crippen molar-refractivity contribution in [3.63, 3.8) is 0 Å². The summed E-state index contributed by atoms with van der Waals surface area (Å²) in [5.41, 5.74) is -1.27. The molecule has 21 heavy (non-hydrogen) atoms. The number of nitrogens with zero attached hydrogens (tertiary/aromatic N) is 1. The quantitative estimate of drug-likeness (QED) is 0.792. The minimum atomic E-state index is -4.49. The Bertz CT molecular complexity index is 674. The van der Waals surface area contributed by atoms with Crippen LogP contribution in [-0.4, -0.2) is 31.8 Å².